The number of sulfone groups is 1. The normalized spacial score (nSPS) is 23.8. The Kier molecular flexibility index (Phi) is 9.16. The third-order valence-electron chi connectivity index (χ3n) is 6.26. The van der Waals surface area contributed by atoms with Crippen LogP contribution in [0.3, 0.4) is 0 Å². The molecule has 0 saturated carbocycles. The van der Waals surface area contributed by atoms with Gasteiger partial charge in [0.05, 0.1) is 23.9 Å². The molecule has 1 saturated heterocycles. The van der Waals surface area contributed by atoms with Crippen LogP contribution in [0.1, 0.15) is 22.3 Å². The van der Waals surface area contributed by atoms with Gasteiger partial charge in [0.15, 0.2) is 16.1 Å². The van der Waals surface area contributed by atoms with Crippen molar-refractivity contribution in [2.24, 2.45) is 0 Å². The summed E-state index contributed by atoms with van der Waals surface area (Å²) in [7, 11) is -3.48. The van der Waals surface area contributed by atoms with Gasteiger partial charge >= 0.3 is 0 Å². The van der Waals surface area contributed by atoms with Crippen LogP contribution in [-0.4, -0.2) is 66.2 Å². The predicted molar refractivity (Wildman–Crippen MR) is 138 cm³/mol. The highest BCUT2D eigenvalue weighted by molar-refractivity contribution is 7.90. The fourth-order valence-corrected chi connectivity index (χ4v) is 5.55. The third kappa shape index (κ3) is 6.97. The van der Waals surface area contributed by atoms with Gasteiger partial charge in [-0.15, -0.1) is 0 Å². The zero-order valence-corrected chi connectivity index (χ0v) is 21.7. The van der Waals surface area contributed by atoms with E-state index in [1.54, 1.807) is 36.4 Å². The van der Waals surface area contributed by atoms with E-state index in [0.29, 0.717) is 11.3 Å². The predicted octanol–water partition coefficient (Wildman–Crippen LogP) is 1.86. The Morgan fingerprint density at radius 1 is 0.816 bits per heavy atom. The molecule has 5 atom stereocenters. The summed E-state index contributed by atoms with van der Waals surface area (Å²) in [6.07, 6.45) is -6.62. The fourth-order valence-electron chi connectivity index (χ4n) is 4.20. The number of hydrogen-bond donors (Lipinski definition) is 4. The van der Waals surface area contributed by atoms with Gasteiger partial charge in [-0.25, -0.2) is 8.42 Å². The minimum Gasteiger partial charge on any atom is -0.489 e. The molecule has 1 aliphatic rings. The van der Waals surface area contributed by atoms with Gasteiger partial charge in [-0.2, -0.15) is 0 Å². The lowest BCUT2D eigenvalue weighted by Gasteiger charge is -2.39. The molecule has 1 fully saturated rings. The van der Waals surface area contributed by atoms with Crippen LogP contribution < -0.4 is 4.74 Å². The van der Waals surface area contributed by atoms with E-state index in [9.17, 15) is 28.8 Å². The Balaban J connectivity index is 1.33. The van der Waals surface area contributed by atoms with Crippen LogP contribution >= 0.6 is 0 Å². The zero-order chi connectivity index (χ0) is 27.3. The Labute approximate surface area is 221 Å². The summed E-state index contributed by atoms with van der Waals surface area (Å²) in [6, 6.07) is 21.1. The fraction of sp³-hybridized carbons (Fsp3) is 0.357. The van der Waals surface area contributed by atoms with Crippen molar-refractivity contribution in [3.05, 3.63) is 95.1 Å². The molecule has 0 amide bonds. The van der Waals surface area contributed by atoms with Gasteiger partial charge in [-0.3, -0.25) is 0 Å². The summed E-state index contributed by atoms with van der Waals surface area (Å²) in [5, 5.41) is 39.1. The first kappa shape index (κ1) is 28.2. The second-order valence-electron chi connectivity index (χ2n) is 9.34. The molecule has 0 aromatic heterocycles. The summed E-state index contributed by atoms with van der Waals surface area (Å²) < 4.78 is 42.4. The van der Waals surface area contributed by atoms with E-state index in [-0.39, 0.29) is 23.9 Å². The molecule has 3 aromatic carbocycles. The Bertz CT molecular complexity index is 1290. The minimum absolute atomic E-state index is 0.0704. The Morgan fingerprint density at radius 3 is 2.13 bits per heavy atom. The molecule has 3 aromatic rings. The van der Waals surface area contributed by atoms with E-state index in [1.165, 1.54) is 0 Å². The zero-order valence-electron chi connectivity index (χ0n) is 20.9. The van der Waals surface area contributed by atoms with E-state index in [0.717, 1.165) is 16.7 Å². The largest absolute Gasteiger partial charge is 0.489 e. The summed E-state index contributed by atoms with van der Waals surface area (Å²) in [5.74, 6) is 0.441. The third-order valence-corrected chi connectivity index (χ3v) is 7.96. The summed E-state index contributed by atoms with van der Waals surface area (Å²) in [6.45, 7) is 1.70. The smallest absolute Gasteiger partial charge is 0.187 e. The van der Waals surface area contributed by atoms with Gasteiger partial charge < -0.3 is 34.6 Å². The lowest BCUT2D eigenvalue weighted by atomic mass is 9.99. The van der Waals surface area contributed by atoms with Gasteiger partial charge in [0, 0.05) is 0 Å². The molecule has 10 heteroatoms. The van der Waals surface area contributed by atoms with Gasteiger partial charge in [0.2, 0.25) is 0 Å². The number of aryl methyl sites for hydroxylation is 1. The van der Waals surface area contributed by atoms with Crippen LogP contribution in [0.4, 0.5) is 0 Å². The number of aliphatic hydroxyl groups is 4. The van der Waals surface area contributed by atoms with Crippen molar-refractivity contribution in [1.29, 1.82) is 0 Å². The van der Waals surface area contributed by atoms with Crippen molar-refractivity contribution in [2.45, 2.75) is 61.5 Å². The highest BCUT2D eigenvalue weighted by atomic mass is 32.2. The average Bonchev–Trinajstić information content (AvgIpc) is 2.91. The number of rotatable bonds is 10. The molecule has 38 heavy (non-hydrogen) atoms. The van der Waals surface area contributed by atoms with Gasteiger partial charge in [-0.1, -0.05) is 48.5 Å². The summed E-state index contributed by atoms with van der Waals surface area (Å²) in [5.41, 5.74) is 3.18. The number of benzene rings is 3. The molecular formula is C28H32O9S. The maximum absolute atomic E-state index is 12.8. The van der Waals surface area contributed by atoms with E-state index in [2.05, 4.69) is 0 Å². The first-order chi connectivity index (χ1) is 18.2. The van der Waals surface area contributed by atoms with Gasteiger partial charge in [0.25, 0.3) is 0 Å². The van der Waals surface area contributed by atoms with Crippen molar-refractivity contribution in [1.82, 2.24) is 0 Å². The van der Waals surface area contributed by atoms with Crippen LogP contribution in [0.2, 0.25) is 0 Å². The van der Waals surface area contributed by atoms with Crippen molar-refractivity contribution in [3.8, 4) is 5.75 Å². The standard InChI is InChI=1S/C28H32O9S/c1-18-11-21(17-38(33,34)23-5-3-2-4-6-23)13-22(12-18)35-15-19-7-9-20(10-8-19)16-36-28-27(32)26(31)25(30)24(14-29)37-28/h2-13,24-32H,14-17H2,1H3/t24-,25+,26+,27-,28-/m1/s1. The quantitative estimate of drug-likeness (QED) is 0.301. The molecule has 9 nitrogen and oxygen atoms in total. The maximum Gasteiger partial charge on any atom is 0.187 e. The SMILES string of the molecule is Cc1cc(CS(=O)(=O)c2ccccc2)cc(OCc2ccc(CO[C@@H]3O[C@H](CO)[C@H](O)[C@H](O)[C@H]3O)cc2)c1. The molecule has 4 N–H and O–H groups in total. The van der Waals surface area contributed by atoms with Crippen LogP contribution in [0.25, 0.3) is 0 Å². The van der Waals surface area contributed by atoms with Crippen LogP contribution in [0.5, 0.6) is 5.75 Å². The molecule has 0 bridgehead atoms. The first-order valence-corrected chi connectivity index (χ1v) is 13.8. The molecule has 204 valence electrons. The first-order valence-electron chi connectivity index (χ1n) is 12.2. The van der Waals surface area contributed by atoms with Crippen LogP contribution in [0.15, 0.2) is 77.7 Å². The highest BCUT2D eigenvalue weighted by Crippen LogP contribution is 2.24. The Hall–Kier alpha value is -2.83. The summed E-state index contributed by atoms with van der Waals surface area (Å²) in [4.78, 5) is 0.277. The van der Waals surface area contributed by atoms with Gasteiger partial charge in [-0.05, 0) is 53.4 Å². The van der Waals surface area contributed by atoms with Crippen molar-refractivity contribution >= 4 is 9.84 Å². The second-order valence-corrected chi connectivity index (χ2v) is 11.3. The minimum atomic E-state index is -3.48. The molecule has 4 rings (SSSR count). The van der Waals surface area contributed by atoms with E-state index >= 15 is 0 Å². The molecular weight excluding hydrogens is 512 g/mol. The Morgan fingerprint density at radius 2 is 1.47 bits per heavy atom. The number of hydrogen-bond acceptors (Lipinski definition) is 9. The topological polar surface area (TPSA) is 143 Å². The second kappa shape index (κ2) is 12.4. The molecule has 0 radical (unpaired) electrons. The van der Waals surface area contributed by atoms with E-state index < -0.39 is 47.2 Å². The average molecular weight is 545 g/mol. The lowest BCUT2D eigenvalue weighted by Crippen LogP contribution is -2.59. The molecule has 1 heterocycles. The van der Waals surface area contributed by atoms with Crippen LogP contribution in [-0.2, 0) is 38.3 Å². The van der Waals surface area contributed by atoms with Crippen molar-refractivity contribution < 1.29 is 43.1 Å². The molecule has 1 aliphatic heterocycles. The molecule has 0 unspecified atom stereocenters. The van der Waals surface area contributed by atoms with Crippen LogP contribution in [0, 0.1) is 6.92 Å². The maximum atomic E-state index is 12.8. The van der Waals surface area contributed by atoms with Gasteiger partial charge in [0.1, 0.15) is 36.8 Å². The molecule has 0 spiro atoms. The van der Waals surface area contributed by atoms with E-state index in [1.807, 2.05) is 43.3 Å². The highest BCUT2D eigenvalue weighted by Gasteiger charge is 2.43. The lowest BCUT2D eigenvalue weighted by molar-refractivity contribution is -0.304. The molecule has 0 aliphatic carbocycles. The van der Waals surface area contributed by atoms with Crippen molar-refractivity contribution in [3.63, 3.8) is 0 Å². The number of aliphatic hydroxyl groups excluding tert-OH is 4. The van der Waals surface area contributed by atoms with E-state index in [4.69, 9.17) is 14.2 Å². The monoisotopic (exact) mass is 544 g/mol. The van der Waals surface area contributed by atoms with Crippen molar-refractivity contribution in [2.75, 3.05) is 6.61 Å². The summed E-state index contributed by atoms with van der Waals surface area (Å²) >= 11 is 0. The number of ether oxygens (including phenoxy) is 3.